The van der Waals surface area contributed by atoms with Crippen molar-refractivity contribution in [1.82, 2.24) is 5.32 Å². The Bertz CT molecular complexity index is 1340. The number of benzene rings is 3. The summed E-state index contributed by atoms with van der Waals surface area (Å²) in [6.45, 7) is 12.1. The number of nitriles is 1. The normalized spacial score (nSPS) is 11.9. The highest BCUT2D eigenvalue weighted by Crippen LogP contribution is 2.39. The van der Waals surface area contributed by atoms with E-state index in [0.717, 1.165) is 46.6 Å². The minimum Gasteiger partial charge on any atom is -0.489 e. The molecule has 4 nitrogen and oxygen atoms in total. The number of nitrogens with zero attached hydrogens (tertiary/aromatic N) is 2. The van der Waals surface area contributed by atoms with Crippen LogP contribution < -0.4 is 10.1 Å². The van der Waals surface area contributed by atoms with Gasteiger partial charge < -0.3 is 10.1 Å². The Kier molecular flexibility index (Phi) is 10.9. The smallest absolute Gasteiger partial charge is 0.155 e. The molecule has 0 saturated heterocycles. The van der Waals surface area contributed by atoms with Crippen LogP contribution in [-0.4, -0.2) is 31.9 Å². The first-order valence-corrected chi connectivity index (χ1v) is 14.4. The summed E-state index contributed by atoms with van der Waals surface area (Å²) < 4.78 is 5.63. The van der Waals surface area contributed by atoms with E-state index in [4.69, 9.17) is 27.9 Å². The molecule has 39 heavy (non-hydrogen) atoms. The molecule has 0 heterocycles. The summed E-state index contributed by atoms with van der Waals surface area (Å²) in [6, 6.07) is 21.1. The van der Waals surface area contributed by atoms with Gasteiger partial charge in [0.15, 0.2) is 5.75 Å². The van der Waals surface area contributed by atoms with Crippen molar-refractivity contribution in [2.24, 2.45) is 10.9 Å². The molecule has 0 fully saturated rings. The van der Waals surface area contributed by atoms with E-state index < -0.39 is 0 Å². The molecule has 0 aromatic heterocycles. The van der Waals surface area contributed by atoms with Crippen LogP contribution in [0.1, 0.15) is 68.4 Å². The van der Waals surface area contributed by atoms with Gasteiger partial charge in [-0.1, -0.05) is 75.7 Å². The fourth-order valence-electron chi connectivity index (χ4n) is 4.64. The predicted molar refractivity (Wildman–Crippen MR) is 166 cm³/mol. The molecule has 0 spiro atoms. The summed E-state index contributed by atoms with van der Waals surface area (Å²) in [5.74, 6) is 2.34. The maximum absolute atomic E-state index is 9.71. The number of aryl methyl sites for hydroxylation is 1. The number of ether oxygens (including phenoxy) is 1. The Balaban J connectivity index is 1.86. The zero-order valence-corrected chi connectivity index (χ0v) is 25.4. The number of hydrogen-bond acceptors (Lipinski definition) is 3. The standard InChI is InChI=1S/C33H39Cl2N3O/c1-22(2)8-7-16-38-32(37-6)29-19-25(10-9-23(29)3)24-11-13-27(14-12-24)33(4,5)28-18-26(21-36)31(30(35)20-28)39-17-15-34/h9-14,18-20,22H,7-8,15-17H2,1-6H3,(H,37,38). The summed E-state index contributed by atoms with van der Waals surface area (Å²) in [4.78, 5) is 4.55. The first-order valence-electron chi connectivity index (χ1n) is 13.5. The maximum Gasteiger partial charge on any atom is 0.155 e. The van der Waals surface area contributed by atoms with E-state index in [0.29, 0.717) is 34.7 Å². The van der Waals surface area contributed by atoms with E-state index in [1.54, 1.807) is 0 Å². The van der Waals surface area contributed by atoms with E-state index in [1.807, 2.05) is 19.2 Å². The third-order valence-corrected chi connectivity index (χ3v) is 7.55. The summed E-state index contributed by atoms with van der Waals surface area (Å²) >= 11 is 12.3. The van der Waals surface area contributed by atoms with Crippen LogP contribution in [-0.2, 0) is 5.41 Å². The third kappa shape index (κ3) is 7.56. The van der Waals surface area contributed by atoms with Gasteiger partial charge in [-0.2, -0.15) is 5.26 Å². The first-order chi connectivity index (χ1) is 18.6. The molecule has 0 radical (unpaired) electrons. The fraction of sp³-hybridized carbons (Fsp3) is 0.394. The minimum absolute atomic E-state index is 0.292. The summed E-state index contributed by atoms with van der Waals surface area (Å²) in [5.41, 5.74) is 6.68. The van der Waals surface area contributed by atoms with Crippen LogP contribution in [0, 0.1) is 24.2 Å². The average molecular weight is 565 g/mol. The van der Waals surface area contributed by atoms with E-state index in [2.05, 4.69) is 93.5 Å². The third-order valence-electron chi connectivity index (χ3n) is 7.12. The van der Waals surface area contributed by atoms with Crippen LogP contribution in [0.4, 0.5) is 0 Å². The number of hydrogen-bond donors (Lipinski definition) is 1. The zero-order chi connectivity index (χ0) is 28.6. The Morgan fingerprint density at radius 1 is 1.05 bits per heavy atom. The number of nitrogens with one attached hydrogen (secondary N) is 1. The Hall–Kier alpha value is -3.00. The number of alkyl halides is 1. The second-order valence-electron chi connectivity index (χ2n) is 10.8. The van der Waals surface area contributed by atoms with Gasteiger partial charge in [-0.05, 0) is 71.7 Å². The molecule has 206 valence electrons. The quantitative estimate of drug-likeness (QED) is 0.110. The van der Waals surface area contributed by atoms with E-state index in [1.165, 1.54) is 12.0 Å². The lowest BCUT2D eigenvalue weighted by Gasteiger charge is -2.27. The van der Waals surface area contributed by atoms with Gasteiger partial charge in [0.2, 0.25) is 0 Å². The molecule has 0 aliphatic heterocycles. The SMILES string of the molecule is CN=C(NCCCC(C)C)c1cc(-c2ccc(C(C)(C)c3cc(Cl)c(OCCCl)c(C#N)c3)cc2)ccc1C. The number of aliphatic imine (C=N–C) groups is 1. The fourth-order valence-corrected chi connectivity index (χ4v) is 4.99. The highest BCUT2D eigenvalue weighted by atomic mass is 35.5. The number of amidine groups is 1. The molecule has 6 heteroatoms. The molecule has 0 unspecified atom stereocenters. The van der Waals surface area contributed by atoms with Crippen molar-refractivity contribution in [2.75, 3.05) is 26.1 Å². The van der Waals surface area contributed by atoms with E-state index in [-0.39, 0.29) is 5.41 Å². The molecule has 3 rings (SSSR count). The van der Waals surface area contributed by atoms with Crippen LogP contribution in [0.15, 0.2) is 59.6 Å². The van der Waals surface area contributed by atoms with E-state index >= 15 is 0 Å². The van der Waals surface area contributed by atoms with Crippen molar-refractivity contribution in [3.8, 4) is 22.9 Å². The van der Waals surface area contributed by atoms with Crippen molar-refractivity contribution >= 4 is 29.0 Å². The molecule has 3 aromatic rings. The van der Waals surface area contributed by atoms with Gasteiger partial charge in [0.05, 0.1) is 16.5 Å². The zero-order valence-electron chi connectivity index (χ0n) is 23.9. The number of rotatable bonds is 11. The molecule has 1 N–H and O–H groups in total. The molecule has 0 aliphatic carbocycles. The highest BCUT2D eigenvalue weighted by Gasteiger charge is 2.26. The van der Waals surface area contributed by atoms with Gasteiger partial charge in [-0.15, -0.1) is 11.6 Å². The second-order valence-corrected chi connectivity index (χ2v) is 11.5. The highest BCUT2D eigenvalue weighted by molar-refractivity contribution is 6.32. The van der Waals surface area contributed by atoms with Gasteiger partial charge in [0.1, 0.15) is 18.5 Å². The summed E-state index contributed by atoms with van der Waals surface area (Å²) in [7, 11) is 1.84. The van der Waals surface area contributed by atoms with Gasteiger partial charge in [0, 0.05) is 24.6 Å². The molecule has 0 atom stereocenters. The van der Waals surface area contributed by atoms with Crippen LogP contribution >= 0.6 is 23.2 Å². The Labute approximate surface area is 244 Å². The molecule has 0 aliphatic rings. The van der Waals surface area contributed by atoms with Crippen LogP contribution in [0.5, 0.6) is 5.75 Å². The lowest BCUT2D eigenvalue weighted by Crippen LogP contribution is -2.26. The second kappa shape index (κ2) is 13.9. The van der Waals surface area contributed by atoms with Crippen LogP contribution in [0.2, 0.25) is 5.02 Å². The van der Waals surface area contributed by atoms with E-state index in [9.17, 15) is 5.26 Å². The Morgan fingerprint density at radius 2 is 1.74 bits per heavy atom. The largest absolute Gasteiger partial charge is 0.489 e. The van der Waals surface area contributed by atoms with Gasteiger partial charge in [-0.25, -0.2) is 0 Å². The van der Waals surface area contributed by atoms with Crippen LogP contribution in [0.3, 0.4) is 0 Å². The molecule has 0 saturated carbocycles. The first kappa shape index (κ1) is 30.5. The molecule has 0 bridgehead atoms. The molecule has 3 aromatic carbocycles. The van der Waals surface area contributed by atoms with Crippen molar-refractivity contribution in [3.63, 3.8) is 0 Å². The van der Waals surface area contributed by atoms with Crippen molar-refractivity contribution < 1.29 is 4.74 Å². The predicted octanol–water partition coefficient (Wildman–Crippen LogP) is 8.53. The van der Waals surface area contributed by atoms with Crippen molar-refractivity contribution in [2.45, 2.75) is 52.9 Å². The lowest BCUT2D eigenvalue weighted by atomic mass is 9.77. The maximum atomic E-state index is 9.71. The number of halogens is 2. The van der Waals surface area contributed by atoms with Gasteiger partial charge in [-0.3, -0.25) is 4.99 Å². The topological polar surface area (TPSA) is 57.4 Å². The van der Waals surface area contributed by atoms with Gasteiger partial charge in [0.25, 0.3) is 0 Å². The minimum atomic E-state index is -0.376. The lowest BCUT2D eigenvalue weighted by molar-refractivity contribution is 0.341. The van der Waals surface area contributed by atoms with Crippen molar-refractivity contribution in [3.05, 3.63) is 87.4 Å². The summed E-state index contributed by atoms with van der Waals surface area (Å²) in [6.07, 6.45) is 2.32. The summed E-state index contributed by atoms with van der Waals surface area (Å²) in [5, 5.41) is 13.7. The van der Waals surface area contributed by atoms with Crippen molar-refractivity contribution in [1.29, 1.82) is 5.26 Å². The van der Waals surface area contributed by atoms with Gasteiger partial charge >= 0.3 is 0 Å². The monoisotopic (exact) mass is 563 g/mol. The van der Waals surface area contributed by atoms with Crippen LogP contribution in [0.25, 0.3) is 11.1 Å². The molecular formula is C33H39Cl2N3O. The average Bonchev–Trinajstić information content (AvgIpc) is 2.92. The molecular weight excluding hydrogens is 525 g/mol. The Morgan fingerprint density at radius 3 is 2.36 bits per heavy atom. The molecule has 0 amide bonds.